The van der Waals surface area contributed by atoms with Gasteiger partial charge in [-0.25, -0.2) is 14.2 Å². The molecule has 236 valence electrons. The van der Waals surface area contributed by atoms with Gasteiger partial charge in [0.05, 0.1) is 25.6 Å². The Hall–Kier alpha value is -5.10. The maximum absolute atomic E-state index is 14.4. The van der Waals surface area contributed by atoms with Crippen LogP contribution in [0.15, 0.2) is 101 Å². The molecule has 0 aliphatic carbocycles. The van der Waals surface area contributed by atoms with Gasteiger partial charge in [-0.05, 0) is 60.4 Å². The van der Waals surface area contributed by atoms with Gasteiger partial charge < -0.3 is 19.2 Å². The maximum Gasteiger partial charge on any atom is 0.410 e. The SMILES string of the molecule is COc1ccc(/N=C2\SC(c3ccc(NC(=O)[C@@H]4CCCN4C(=O)OCc4ccccc4)cc3)C(=O)N2Cc2ccco2)cc1F. The summed E-state index contributed by atoms with van der Waals surface area (Å²) in [6, 6.07) is 23.6. The number of ether oxygens (including phenoxy) is 2. The molecule has 12 heteroatoms. The number of nitrogens with one attached hydrogen (secondary N) is 1. The molecule has 1 unspecified atom stereocenters. The molecule has 4 aromatic rings. The smallest absolute Gasteiger partial charge is 0.410 e. The number of nitrogens with zero attached hydrogens (tertiary/aromatic N) is 3. The molecule has 1 aromatic heterocycles. The number of benzene rings is 3. The monoisotopic (exact) mass is 642 g/mol. The van der Waals surface area contributed by atoms with Crippen LogP contribution < -0.4 is 10.1 Å². The second kappa shape index (κ2) is 13.9. The highest BCUT2D eigenvalue weighted by Crippen LogP contribution is 2.42. The Morgan fingerprint density at radius 2 is 1.87 bits per heavy atom. The van der Waals surface area contributed by atoms with Crippen molar-refractivity contribution in [2.24, 2.45) is 4.99 Å². The molecule has 0 radical (unpaired) electrons. The van der Waals surface area contributed by atoms with E-state index in [2.05, 4.69) is 10.3 Å². The molecule has 0 spiro atoms. The molecule has 2 atom stereocenters. The maximum atomic E-state index is 14.4. The molecule has 3 heterocycles. The molecule has 1 N–H and O–H groups in total. The van der Waals surface area contributed by atoms with Gasteiger partial charge in [0.2, 0.25) is 11.8 Å². The molecule has 2 fully saturated rings. The summed E-state index contributed by atoms with van der Waals surface area (Å²) in [4.78, 5) is 47.2. The van der Waals surface area contributed by atoms with Crippen LogP contribution in [-0.2, 0) is 27.5 Å². The van der Waals surface area contributed by atoms with Crippen LogP contribution in [0, 0.1) is 5.82 Å². The lowest BCUT2D eigenvalue weighted by Gasteiger charge is -2.23. The zero-order valence-corrected chi connectivity index (χ0v) is 25.7. The van der Waals surface area contributed by atoms with Crippen molar-refractivity contribution in [2.45, 2.75) is 37.3 Å². The van der Waals surface area contributed by atoms with Crippen LogP contribution in [-0.4, -0.2) is 52.6 Å². The van der Waals surface area contributed by atoms with Crippen molar-refractivity contribution in [3.05, 3.63) is 114 Å². The fourth-order valence-corrected chi connectivity index (χ4v) is 6.49. The van der Waals surface area contributed by atoms with Gasteiger partial charge in [-0.15, -0.1) is 0 Å². The fraction of sp³-hybridized carbons (Fsp3) is 0.235. The van der Waals surface area contributed by atoms with E-state index in [1.807, 2.05) is 30.3 Å². The third-order valence-electron chi connectivity index (χ3n) is 7.67. The average Bonchev–Trinajstić information content (AvgIpc) is 3.84. The number of carbonyl (C=O) groups excluding carboxylic acids is 3. The van der Waals surface area contributed by atoms with Crippen molar-refractivity contribution >= 4 is 46.2 Å². The number of carbonyl (C=O) groups is 3. The van der Waals surface area contributed by atoms with Gasteiger partial charge in [0.1, 0.15) is 23.7 Å². The summed E-state index contributed by atoms with van der Waals surface area (Å²) in [7, 11) is 1.38. The van der Waals surface area contributed by atoms with Crippen LogP contribution in [0.5, 0.6) is 5.75 Å². The first-order valence-corrected chi connectivity index (χ1v) is 15.6. The first-order chi connectivity index (χ1) is 22.4. The largest absolute Gasteiger partial charge is 0.494 e. The number of hydrogen-bond donors (Lipinski definition) is 1. The number of likely N-dealkylation sites (tertiary alicyclic amines) is 1. The molecular weight excluding hydrogens is 611 g/mol. The van der Waals surface area contributed by atoms with E-state index in [1.54, 1.807) is 42.5 Å². The van der Waals surface area contributed by atoms with Crippen molar-refractivity contribution in [2.75, 3.05) is 19.0 Å². The summed E-state index contributed by atoms with van der Waals surface area (Å²) in [5.41, 5.74) is 2.44. The lowest BCUT2D eigenvalue weighted by atomic mass is 10.1. The van der Waals surface area contributed by atoms with Gasteiger partial charge in [0, 0.05) is 18.3 Å². The van der Waals surface area contributed by atoms with Crippen molar-refractivity contribution in [1.29, 1.82) is 0 Å². The van der Waals surface area contributed by atoms with Gasteiger partial charge >= 0.3 is 6.09 Å². The average molecular weight is 643 g/mol. The number of anilines is 1. The predicted molar refractivity (Wildman–Crippen MR) is 171 cm³/mol. The topological polar surface area (TPSA) is 114 Å². The minimum atomic E-state index is -0.647. The summed E-state index contributed by atoms with van der Waals surface area (Å²) in [5.74, 6) is -0.401. The number of halogens is 1. The summed E-state index contributed by atoms with van der Waals surface area (Å²) >= 11 is 1.24. The van der Waals surface area contributed by atoms with E-state index < -0.39 is 23.2 Å². The van der Waals surface area contributed by atoms with E-state index in [1.165, 1.54) is 47.1 Å². The van der Waals surface area contributed by atoms with Crippen molar-refractivity contribution < 1.29 is 32.7 Å². The number of rotatable bonds is 9. The van der Waals surface area contributed by atoms with Gasteiger partial charge in [-0.3, -0.25) is 19.4 Å². The molecule has 3 aromatic carbocycles. The molecule has 6 rings (SSSR count). The van der Waals surface area contributed by atoms with E-state index >= 15 is 0 Å². The normalized spacial score (nSPS) is 18.7. The first-order valence-electron chi connectivity index (χ1n) is 14.7. The van der Waals surface area contributed by atoms with Crippen molar-refractivity contribution in [3.63, 3.8) is 0 Å². The summed E-state index contributed by atoms with van der Waals surface area (Å²) in [5, 5.41) is 2.67. The van der Waals surface area contributed by atoms with E-state index in [-0.39, 0.29) is 30.7 Å². The zero-order valence-electron chi connectivity index (χ0n) is 24.9. The van der Waals surface area contributed by atoms with Gasteiger partial charge in [-0.2, -0.15) is 0 Å². The number of amides is 3. The van der Waals surface area contributed by atoms with Crippen LogP contribution in [0.1, 0.15) is 35.0 Å². The third kappa shape index (κ3) is 6.91. The molecule has 3 amide bonds. The van der Waals surface area contributed by atoms with Crippen LogP contribution in [0.3, 0.4) is 0 Å². The Balaban J connectivity index is 1.13. The summed E-state index contributed by atoms with van der Waals surface area (Å²) < 4.78 is 30.3. The van der Waals surface area contributed by atoms with Crippen molar-refractivity contribution in [3.8, 4) is 5.75 Å². The molecule has 10 nitrogen and oxygen atoms in total. The Bertz CT molecular complexity index is 1730. The Morgan fingerprint density at radius 3 is 2.59 bits per heavy atom. The summed E-state index contributed by atoms with van der Waals surface area (Å²) in [6.45, 7) is 0.728. The molecule has 0 saturated carbocycles. The zero-order chi connectivity index (χ0) is 32.0. The highest BCUT2D eigenvalue weighted by molar-refractivity contribution is 8.15. The fourth-order valence-electron chi connectivity index (χ4n) is 5.32. The minimum Gasteiger partial charge on any atom is -0.494 e. The van der Waals surface area contributed by atoms with Crippen LogP contribution in [0.4, 0.5) is 20.6 Å². The van der Waals surface area contributed by atoms with E-state index in [0.717, 1.165) is 5.56 Å². The van der Waals surface area contributed by atoms with Crippen LogP contribution in [0.2, 0.25) is 0 Å². The highest BCUT2D eigenvalue weighted by Gasteiger charge is 2.40. The van der Waals surface area contributed by atoms with E-state index in [0.29, 0.717) is 47.3 Å². The Labute approximate surface area is 269 Å². The number of thioether (sulfide) groups is 1. The lowest BCUT2D eigenvalue weighted by molar-refractivity contribution is -0.126. The Kier molecular flexibility index (Phi) is 9.34. The standard InChI is InChI=1S/C34H31FN4O6S/c1-43-29-16-15-25(19-27(29)35)37-33-39(20-26-9-6-18-44-26)32(41)30(46-33)23-11-13-24(14-12-23)36-31(40)28-10-5-17-38(28)34(42)45-21-22-7-3-2-4-8-22/h2-4,6-9,11-16,18-19,28,30H,5,10,17,20-21H2,1H3,(H,36,40)/b37-33-/t28-,30?/m0/s1. The number of amidine groups is 1. The number of hydrogen-bond acceptors (Lipinski definition) is 8. The summed E-state index contributed by atoms with van der Waals surface area (Å²) in [6.07, 6.45) is 2.23. The second-order valence-corrected chi connectivity index (χ2v) is 11.8. The van der Waals surface area contributed by atoms with Crippen LogP contribution >= 0.6 is 11.8 Å². The highest BCUT2D eigenvalue weighted by atomic mass is 32.2. The minimum absolute atomic E-state index is 0.0974. The predicted octanol–water partition coefficient (Wildman–Crippen LogP) is 6.67. The second-order valence-electron chi connectivity index (χ2n) is 10.7. The lowest BCUT2D eigenvalue weighted by Crippen LogP contribution is -2.43. The molecular formula is C34H31FN4O6S. The molecule has 46 heavy (non-hydrogen) atoms. The number of methoxy groups -OCH3 is 1. The van der Waals surface area contributed by atoms with Crippen LogP contribution in [0.25, 0.3) is 0 Å². The first kappa shape index (κ1) is 30.9. The number of aliphatic imine (C=N–C) groups is 1. The van der Waals surface area contributed by atoms with Crippen molar-refractivity contribution in [1.82, 2.24) is 9.80 Å². The Morgan fingerprint density at radius 1 is 1.07 bits per heavy atom. The van der Waals surface area contributed by atoms with Gasteiger partial charge in [0.25, 0.3) is 0 Å². The molecule has 2 saturated heterocycles. The van der Waals surface area contributed by atoms with Gasteiger partial charge in [-0.1, -0.05) is 54.2 Å². The quantitative estimate of drug-likeness (QED) is 0.217. The molecule has 0 bridgehead atoms. The molecule has 2 aliphatic rings. The van der Waals surface area contributed by atoms with E-state index in [9.17, 15) is 18.8 Å². The van der Waals surface area contributed by atoms with Gasteiger partial charge in [0.15, 0.2) is 16.7 Å². The third-order valence-corrected chi connectivity index (χ3v) is 8.91. The number of furan rings is 1. The molecule has 2 aliphatic heterocycles. The van der Waals surface area contributed by atoms with E-state index in [4.69, 9.17) is 13.9 Å².